The maximum Gasteiger partial charge on any atom is 0.00578 e. The van der Waals surface area contributed by atoms with Gasteiger partial charge >= 0.3 is 0 Å². The zero-order valence-corrected chi connectivity index (χ0v) is 24.4. The van der Waals surface area contributed by atoms with Gasteiger partial charge in [-0.3, -0.25) is 0 Å². The molecule has 0 aliphatic heterocycles. The first-order valence-corrected chi connectivity index (χ1v) is 15.9. The smallest absolute Gasteiger partial charge is 0.00578 e. The average molecular weight is 543 g/mol. The molecule has 0 N–H and O–H groups in total. The molecule has 5 aliphatic carbocycles. The van der Waals surface area contributed by atoms with Crippen LogP contribution in [0.5, 0.6) is 0 Å². The number of hydrogen-bond acceptors (Lipinski definition) is 0. The molecule has 206 valence electrons. The highest BCUT2D eigenvalue weighted by molar-refractivity contribution is 5.70. The van der Waals surface area contributed by atoms with Gasteiger partial charge in [-0.1, -0.05) is 144 Å². The SMILES string of the molecule is C1=C(CCC2=Cc3ccccc3C2)Cc2ccccc21.C1=C2CCC3=Cc4ccccc4C3CCC2c2ccccc21. The van der Waals surface area contributed by atoms with Gasteiger partial charge in [-0.05, 0) is 95.9 Å². The van der Waals surface area contributed by atoms with Crippen molar-refractivity contribution < 1.29 is 0 Å². The molecule has 1 fully saturated rings. The van der Waals surface area contributed by atoms with Crippen LogP contribution < -0.4 is 0 Å². The summed E-state index contributed by atoms with van der Waals surface area (Å²) in [6, 6.07) is 35.5. The lowest BCUT2D eigenvalue weighted by atomic mass is 9.79. The minimum atomic E-state index is 0.672. The Labute approximate surface area is 250 Å². The van der Waals surface area contributed by atoms with Gasteiger partial charge in [0, 0.05) is 11.8 Å². The van der Waals surface area contributed by atoms with Gasteiger partial charge < -0.3 is 0 Å². The van der Waals surface area contributed by atoms with Gasteiger partial charge in [-0.2, -0.15) is 0 Å². The monoisotopic (exact) mass is 542 g/mol. The lowest BCUT2D eigenvalue weighted by molar-refractivity contribution is 0.562. The van der Waals surface area contributed by atoms with E-state index in [1.54, 1.807) is 33.4 Å². The molecule has 42 heavy (non-hydrogen) atoms. The Kier molecular flexibility index (Phi) is 6.64. The molecule has 0 nitrogen and oxygen atoms in total. The molecule has 4 aromatic carbocycles. The maximum atomic E-state index is 2.46. The summed E-state index contributed by atoms with van der Waals surface area (Å²) in [5.74, 6) is 1.34. The third kappa shape index (κ3) is 4.84. The number of allylic oxidation sites excluding steroid dienone is 4. The zero-order chi connectivity index (χ0) is 27.9. The van der Waals surface area contributed by atoms with E-state index in [9.17, 15) is 0 Å². The average Bonchev–Trinajstić information content (AvgIpc) is 3.79. The van der Waals surface area contributed by atoms with E-state index < -0.39 is 0 Å². The van der Waals surface area contributed by atoms with Gasteiger partial charge in [0.05, 0.1) is 0 Å². The van der Waals surface area contributed by atoms with E-state index in [2.05, 4.69) is 121 Å². The topological polar surface area (TPSA) is 0 Å². The van der Waals surface area contributed by atoms with E-state index in [4.69, 9.17) is 0 Å². The van der Waals surface area contributed by atoms with Crippen molar-refractivity contribution in [1.82, 2.24) is 0 Å². The van der Waals surface area contributed by atoms with Crippen molar-refractivity contribution in [3.05, 3.63) is 164 Å². The standard InChI is InChI=1S/C22H20.C20H18/c1-3-7-19-15(5-1)13-17-9-10-18-14-16-6-2-4-8-20(16)22(18)12-11-21(17)19;1-2-6-18-12-15(11-17(18)5-1)9-10-16-13-19-7-3-4-8-20(19)14-16/h1-8,13-14,21-22H,9-12H2;1-8,11,13H,9-10,12,14H2. The summed E-state index contributed by atoms with van der Waals surface area (Å²) < 4.78 is 0. The summed E-state index contributed by atoms with van der Waals surface area (Å²) in [6.45, 7) is 0. The van der Waals surface area contributed by atoms with E-state index in [0.717, 1.165) is 12.8 Å². The van der Waals surface area contributed by atoms with Crippen LogP contribution in [0.2, 0.25) is 0 Å². The summed E-state index contributed by atoms with van der Waals surface area (Å²) >= 11 is 0. The summed E-state index contributed by atoms with van der Waals surface area (Å²) in [6.07, 6.45) is 19.4. The van der Waals surface area contributed by atoms with E-state index in [1.165, 1.54) is 71.9 Å². The highest BCUT2D eigenvalue weighted by atomic mass is 14.4. The molecule has 0 heterocycles. The van der Waals surface area contributed by atoms with Gasteiger partial charge in [-0.15, -0.1) is 0 Å². The predicted octanol–water partition coefficient (Wildman–Crippen LogP) is 11.0. The van der Waals surface area contributed by atoms with Gasteiger partial charge in [0.15, 0.2) is 0 Å². The maximum absolute atomic E-state index is 2.46. The predicted molar refractivity (Wildman–Crippen MR) is 178 cm³/mol. The summed E-state index contributed by atoms with van der Waals surface area (Å²) in [4.78, 5) is 0. The highest BCUT2D eigenvalue weighted by Gasteiger charge is 2.32. The van der Waals surface area contributed by atoms with Crippen LogP contribution in [0, 0.1) is 0 Å². The van der Waals surface area contributed by atoms with E-state index in [-0.39, 0.29) is 0 Å². The minimum absolute atomic E-state index is 0.672. The Morgan fingerprint density at radius 2 is 0.833 bits per heavy atom. The molecule has 0 saturated heterocycles. The first-order chi connectivity index (χ1) is 20.8. The molecule has 0 amide bonds. The summed E-state index contributed by atoms with van der Waals surface area (Å²) in [7, 11) is 0. The molecule has 0 bridgehead atoms. The molecular weight excluding hydrogens is 504 g/mol. The Morgan fingerprint density at radius 3 is 1.29 bits per heavy atom. The van der Waals surface area contributed by atoms with E-state index in [0.29, 0.717) is 11.8 Å². The highest BCUT2D eigenvalue weighted by Crippen LogP contribution is 2.50. The quantitative estimate of drug-likeness (QED) is 0.241. The second-order valence-electron chi connectivity index (χ2n) is 12.7. The van der Waals surface area contributed by atoms with Crippen molar-refractivity contribution in [1.29, 1.82) is 0 Å². The molecule has 1 saturated carbocycles. The van der Waals surface area contributed by atoms with Crippen LogP contribution >= 0.6 is 0 Å². The lowest BCUT2D eigenvalue weighted by Crippen LogP contribution is -2.09. The van der Waals surface area contributed by atoms with Crippen molar-refractivity contribution >= 4 is 24.3 Å². The van der Waals surface area contributed by atoms with Crippen molar-refractivity contribution in [2.75, 3.05) is 0 Å². The molecule has 0 aromatic heterocycles. The van der Waals surface area contributed by atoms with Gasteiger partial charge in [0.2, 0.25) is 0 Å². The second kappa shape index (κ2) is 10.9. The van der Waals surface area contributed by atoms with Crippen molar-refractivity contribution in [3.8, 4) is 0 Å². The molecular formula is C42H38. The Balaban J connectivity index is 0.000000128. The molecule has 2 unspecified atom stereocenters. The number of fused-ring (bicyclic) bond motifs is 8. The van der Waals surface area contributed by atoms with Crippen molar-refractivity contribution in [2.24, 2.45) is 0 Å². The van der Waals surface area contributed by atoms with Crippen LogP contribution in [0.1, 0.15) is 94.9 Å². The minimum Gasteiger partial charge on any atom is -0.0649 e. The second-order valence-corrected chi connectivity index (χ2v) is 12.7. The van der Waals surface area contributed by atoms with Crippen LogP contribution in [-0.4, -0.2) is 0 Å². The fourth-order valence-corrected chi connectivity index (χ4v) is 8.06. The number of rotatable bonds is 3. The van der Waals surface area contributed by atoms with E-state index >= 15 is 0 Å². The van der Waals surface area contributed by atoms with Crippen molar-refractivity contribution in [3.63, 3.8) is 0 Å². The molecule has 2 atom stereocenters. The molecule has 0 spiro atoms. The van der Waals surface area contributed by atoms with Crippen LogP contribution in [0.3, 0.4) is 0 Å². The first kappa shape index (κ1) is 25.5. The van der Waals surface area contributed by atoms with Gasteiger partial charge in [-0.25, -0.2) is 0 Å². The molecule has 9 rings (SSSR count). The summed E-state index contributed by atoms with van der Waals surface area (Å²) in [5, 5.41) is 0. The summed E-state index contributed by atoms with van der Waals surface area (Å²) in [5.41, 5.74) is 18.4. The third-order valence-electron chi connectivity index (χ3n) is 10.2. The van der Waals surface area contributed by atoms with Crippen molar-refractivity contribution in [2.45, 2.75) is 63.2 Å². The molecule has 0 heteroatoms. The van der Waals surface area contributed by atoms with E-state index in [1.807, 2.05) is 0 Å². The van der Waals surface area contributed by atoms with Gasteiger partial charge in [0.1, 0.15) is 0 Å². The number of hydrogen-bond donors (Lipinski definition) is 0. The van der Waals surface area contributed by atoms with Gasteiger partial charge in [0.25, 0.3) is 0 Å². The normalized spacial score (nSPS) is 20.6. The fourth-order valence-electron chi connectivity index (χ4n) is 8.06. The van der Waals surface area contributed by atoms with Crippen LogP contribution in [0.4, 0.5) is 0 Å². The lowest BCUT2D eigenvalue weighted by Gasteiger charge is -2.25. The Hall–Kier alpha value is -4.16. The Morgan fingerprint density at radius 1 is 0.429 bits per heavy atom. The third-order valence-corrected chi connectivity index (χ3v) is 10.2. The molecule has 0 radical (unpaired) electrons. The zero-order valence-electron chi connectivity index (χ0n) is 24.4. The first-order valence-electron chi connectivity index (χ1n) is 15.9. The van der Waals surface area contributed by atoms with Crippen LogP contribution in [0.25, 0.3) is 24.3 Å². The largest absolute Gasteiger partial charge is 0.0649 e. The number of benzene rings is 4. The molecule has 5 aliphatic rings. The Bertz CT molecular complexity index is 1660. The fraction of sp³-hybridized carbons (Fsp3) is 0.238. The van der Waals surface area contributed by atoms with Crippen LogP contribution in [-0.2, 0) is 12.8 Å². The van der Waals surface area contributed by atoms with Crippen LogP contribution in [0.15, 0.2) is 119 Å². The molecule has 4 aromatic rings.